The minimum atomic E-state index is -0.844. The minimum absolute atomic E-state index is 0.104. The lowest BCUT2D eigenvalue weighted by Crippen LogP contribution is -2.60. The molecule has 5 nitrogen and oxygen atoms in total. The molecule has 8 atom stereocenters. The molecule has 0 radical (unpaired) electrons. The average molecular weight is 761 g/mol. The van der Waals surface area contributed by atoms with Crippen LogP contribution in [0.15, 0.2) is 67.5 Å². The number of nitrogens with one attached hydrogen (secondary N) is 1. The van der Waals surface area contributed by atoms with Crippen molar-refractivity contribution in [1.82, 2.24) is 10.3 Å². The SMILES string of the molecule is C#C.C#C.C#C.C=CC.CC.CC1(C)C(c2ccc(C(=O)O)cc2)=CC[C@@]2(C)C1CC[C@@]1(C)C3CC[C@@]4(C)CCCC4[C@H]3CCC12.O=CNCc1ccncc1. The molecule has 1 amide bonds. The maximum Gasteiger partial charge on any atom is 0.335 e. The third-order valence-corrected chi connectivity index (χ3v) is 14.1. The van der Waals surface area contributed by atoms with Gasteiger partial charge in [0.15, 0.2) is 0 Å². The van der Waals surface area contributed by atoms with Gasteiger partial charge in [0.1, 0.15) is 0 Å². The fourth-order valence-electron chi connectivity index (χ4n) is 12.1. The number of carboxylic acid groups (broad SMARTS) is 1. The number of nitrogens with zero attached hydrogens (tertiary/aromatic N) is 1. The number of fused-ring (bicyclic) bond motifs is 7. The van der Waals surface area contributed by atoms with Gasteiger partial charge in [0, 0.05) is 18.9 Å². The van der Waals surface area contributed by atoms with Crippen LogP contribution in [-0.2, 0) is 11.3 Å². The molecule has 2 N–H and O–H groups in total. The second kappa shape index (κ2) is 22.9. The molecular formula is C51H72N2O3. The van der Waals surface area contributed by atoms with E-state index in [-0.39, 0.29) is 5.41 Å². The first-order valence-corrected chi connectivity index (χ1v) is 20.5. The van der Waals surface area contributed by atoms with Crippen LogP contribution >= 0.6 is 0 Å². The van der Waals surface area contributed by atoms with E-state index in [1.165, 1.54) is 75.3 Å². The van der Waals surface area contributed by atoms with E-state index in [2.05, 4.69) is 96.1 Å². The normalized spacial score (nSPS) is 30.8. The Morgan fingerprint density at radius 1 is 0.821 bits per heavy atom. The number of aromatic nitrogens is 1. The lowest BCUT2D eigenvalue weighted by atomic mass is 9.36. The van der Waals surface area contributed by atoms with E-state index in [4.69, 9.17) is 0 Å². The number of pyridine rings is 1. The van der Waals surface area contributed by atoms with E-state index in [0.29, 0.717) is 40.7 Å². The van der Waals surface area contributed by atoms with Gasteiger partial charge >= 0.3 is 5.97 Å². The van der Waals surface area contributed by atoms with Gasteiger partial charge in [-0.05, 0) is 157 Å². The van der Waals surface area contributed by atoms with Crippen LogP contribution in [0.4, 0.5) is 0 Å². The molecule has 0 aliphatic heterocycles. The van der Waals surface area contributed by atoms with E-state index >= 15 is 0 Å². The van der Waals surface area contributed by atoms with Crippen molar-refractivity contribution in [2.75, 3.05) is 0 Å². The number of carbonyl (C=O) groups excluding carboxylic acids is 1. The standard InChI is InChI=1S/C33H46O2.C7H8N2O.C3H6.C2H6.3C2H2/c1-30(2)24(21-8-10-22(11-9-21)29(34)35)15-19-33(5)27(30)16-20-32(4)26-14-18-31(3)17-6-7-25(31)23(26)12-13-28(32)33;10-6-9-5-7-1-3-8-4-2-7;1-3-2;4*1-2/h8-11,15,23,25-28H,6-7,12-14,16-20H2,1-5H3,(H,34,35);1-4,6H,5H2,(H,9,10);3H,1H2,2H3;1-2H3;3*1-2H/t23-,25?,26?,27?,28?,31-,32+,33+;;;;;;/m1....../s1. The number of carbonyl (C=O) groups is 2. The van der Waals surface area contributed by atoms with E-state index in [0.717, 1.165) is 29.2 Å². The third-order valence-electron chi connectivity index (χ3n) is 14.1. The van der Waals surface area contributed by atoms with Crippen molar-refractivity contribution in [2.24, 2.45) is 51.2 Å². The van der Waals surface area contributed by atoms with Gasteiger partial charge in [-0.25, -0.2) is 4.79 Å². The molecule has 4 saturated carbocycles. The number of terminal acetylenes is 3. The Balaban J connectivity index is 0.000000626. The zero-order chi connectivity index (χ0) is 42.7. The summed E-state index contributed by atoms with van der Waals surface area (Å²) in [5.41, 5.74) is 5.70. The maximum absolute atomic E-state index is 11.4. The van der Waals surface area contributed by atoms with Crippen molar-refractivity contribution in [2.45, 2.75) is 126 Å². The van der Waals surface area contributed by atoms with Crippen LogP contribution in [0.1, 0.15) is 141 Å². The van der Waals surface area contributed by atoms with Gasteiger partial charge in [0.05, 0.1) is 5.56 Å². The fourth-order valence-corrected chi connectivity index (χ4v) is 12.1. The number of amides is 1. The number of allylic oxidation sites excluding steroid dienone is 3. The van der Waals surface area contributed by atoms with Crippen LogP contribution in [0.25, 0.3) is 5.57 Å². The summed E-state index contributed by atoms with van der Waals surface area (Å²) in [5.74, 6) is 3.58. The summed E-state index contributed by atoms with van der Waals surface area (Å²) in [6.45, 7) is 22.8. The van der Waals surface area contributed by atoms with E-state index in [1.54, 1.807) is 30.6 Å². The summed E-state index contributed by atoms with van der Waals surface area (Å²) in [6, 6.07) is 11.4. The van der Waals surface area contributed by atoms with Gasteiger partial charge in [-0.15, -0.1) is 45.1 Å². The molecular weight excluding hydrogens is 689 g/mol. The van der Waals surface area contributed by atoms with Gasteiger partial charge in [-0.1, -0.05) is 79.2 Å². The largest absolute Gasteiger partial charge is 0.478 e. The minimum Gasteiger partial charge on any atom is -0.478 e. The summed E-state index contributed by atoms with van der Waals surface area (Å²) in [4.78, 5) is 25.1. The van der Waals surface area contributed by atoms with Crippen LogP contribution in [0.3, 0.4) is 0 Å². The van der Waals surface area contributed by atoms with Crippen LogP contribution in [0.5, 0.6) is 0 Å². The molecule has 1 aromatic heterocycles. The zero-order valence-corrected chi connectivity index (χ0v) is 35.9. The lowest BCUT2D eigenvalue weighted by Gasteiger charge is -2.68. The molecule has 4 unspecified atom stereocenters. The van der Waals surface area contributed by atoms with Crippen LogP contribution in [0, 0.1) is 89.8 Å². The van der Waals surface area contributed by atoms with Crippen LogP contribution in [0.2, 0.25) is 0 Å². The van der Waals surface area contributed by atoms with Crippen molar-refractivity contribution < 1.29 is 14.7 Å². The molecule has 56 heavy (non-hydrogen) atoms. The molecule has 4 fully saturated rings. The molecule has 1 heterocycles. The van der Waals surface area contributed by atoms with Gasteiger partial charge < -0.3 is 10.4 Å². The highest BCUT2D eigenvalue weighted by Gasteiger charge is 2.64. The summed E-state index contributed by atoms with van der Waals surface area (Å²) in [7, 11) is 0. The first-order chi connectivity index (χ1) is 26.9. The molecule has 0 saturated heterocycles. The number of aromatic carboxylic acids is 1. The van der Waals surface area contributed by atoms with Gasteiger partial charge in [0.25, 0.3) is 0 Å². The number of rotatable bonds is 5. The predicted octanol–water partition coefficient (Wildman–Crippen LogP) is 12.2. The van der Waals surface area contributed by atoms with Crippen molar-refractivity contribution in [1.29, 1.82) is 0 Å². The molecule has 5 heteroatoms. The number of carboxylic acids is 1. The van der Waals surface area contributed by atoms with Gasteiger partial charge in [-0.3, -0.25) is 9.78 Å². The topological polar surface area (TPSA) is 79.3 Å². The molecule has 0 bridgehead atoms. The van der Waals surface area contributed by atoms with Gasteiger partial charge in [-0.2, -0.15) is 0 Å². The number of hydrogen-bond acceptors (Lipinski definition) is 3. The monoisotopic (exact) mass is 761 g/mol. The Hall–Kier alpha value is -4.53. The Morgan fingerprint density at radius 3 is 1.96 bits per heavy atom. The molecule has 304 valence electrons. The predicted molar refractivity (Wildman–Crippen MR) is 237 cm³/mol. The Labute approximate surface area is 342 Å². The summed E-state index contributed by atoms with van der Waals surface area (Å²) in [6.07, 6.45) is 46.6. The first kappa shape index (κ1) is 49.5. The van der Waals surface area contributed by atoms with Crippen molar-refractivity contribution in [3.05, 3.63) is 84.2 Å². The van der Waals surface area contributed by atoms with Crippen molar-refractivity contribution >= 4 is 18.0 Å². The Kier molecular flexibility index (Phi) is 20.2. The fraction of sp³-hybridized carbons (Fsp3) is 0.549. The highest BCUT2D eigenvalue weighted by Crippen LogP contribution is 2.73. The third kappa shape index (κ3) is 10.4. The van der Waals surface area contributed by atoms with E-state index < -0.39 is 5.97 Å². The van der Waals surface area contributed by atoms with Crippen LogP contribution in [-0.4, -0.2) is 22.5 Å². The van der Waals surface area contributed by atoms with Crippen LogP contribution < -0.4 is 5.32 Å². The van der Waals surface area contributed by atoms with Gasteiger partial charge in [0.2, 0.25) is 6.41 Å². The second-order valence-electron chi connectivity index (χ2n) is 16.9. The molecule has 2 aromatic rings. The summed E-state index contributed by atoms with van der Waals surface area (Å²) < 4.78 is 0. The van der Waals surface area contributed by atoms with Crippen molar-refractivity contribution in [3.8, 4) is 38.5 Å². The zero-order valence-electron chi connectivity index (χ0n) is 35.9. The maximum atomic E-state index is 11.4. The van der Waals surface area contributed by atoms with E-state index in [1.807, 2.05) is 45.0 Å². The lowest BCUT2D eigenvalue weighted by molar-refractivity contribution is -0.176. The highest BCUT2D eigenvalue weighted by atomic mass is 16.4. The average Bonchev–Trinajstić information content (AvgIpc) is 3.63. The number of hydrogen-bond donors (Lipinski definition) is 2. The Bertz CT molecular complexity index is 1590. The first-order valence-electron chi connectivity index (χ1n) is 20.5. The molecule has 0 spiro atoms. The highest BCUT2D eigenvalue weighted by molar-refractivity contribution is 5.88. The van der Waals surface area contributed by atoms with Crippen molar-refractivity contribution in [3.63, 3.8) is 0 Å². The molecule has 1 aromatic carbocycles. The molecule has 5 aliphatic carbocycles. The smallest absolute Gasteiger partial charge is 0.335 e. The molecule has 5 aliphatic rings. The quantitative estimate of drug-likeness (QED) is 0.181. The summed E-state index contributed by atoms with van der Waals surface area (Å²) in [5, 5.41) is 11.9. The number of benzene rings is 1. The second-order valence-corrected chi connectivity index (χ2v) is 16.9. The summed E-state index contributed by atoms with van der Waals surface area (Å²) >= 11 is 0. The Morgan fingerprint density at radius 2 is 1.41 bits per heavy atom. The molecule has 7 rings (SSSR count). The van der Waals surface area contributed by atoms with E-state index in [9.17, 15) is 14.7 Å².